The molecule has 2 aromatic rings. The number of carbonyl (C=O) groups excluding carboxylic acids is 1. The molecule has 0 bridgehead atoms. The number of ether oxygens (including phenoxy) is 2. The minimum absolute atomic E-state index is 0.0636. The number of aliphatic hydroxyl groups is 1. The van der Waals surface area contributed by atoms with Crippen LogP contribution < -0.4 is 14.8 Å². The zero-order valence-corrected chi connectivity index (χ0v) is 12.9. The highest BCUT2D eigenvalue weighted by Gasteiger charge is 2.24. The molecule has 1 amide bonds. The molecule has 0 saturated heterocycles. The number of hydrogen-bond donors (Lipinski definition) is 2. The van der Waals surface area contributed by atoms with Gasteiger partial charge in [-0.3, -0.25) is 4.79 Å². The fraction of sp³-hybridized carbons (Fsp3) is 0.167. The Hall–Kier alpha value is -2.79. The van der Waals surface area contributed by atoms with Crippen LogP contribution in [0.1, 0.15) is 16.7 Å². The number of aliphatic hydroxyl groups excluding tert-OH is 1. The number of nitrogens with one attached hydrogen (secondary N) is 1. The summed E-state index contributed by atoms with van der Waals surface area (Å²) in [5, 5.41) is 12.0. The molecule has 23 heavy (non-hydrogen) atoms. The number of anilines is 1. The van der Waals surface area contributed by atoms with Gasteiger partial charge >= 0.3 is 0 Å². The van der Waals surface area contributed by atoms with Crippen LogP contribution in [-0.2, 0) is 11.4 Å². The molecule has 0 aromatic heterocycles. The van der Waals surface area contributed by atoms with Gasteiger partial charge in [0.15, 0.2) is 0 Å². The Labute approximate surface area is 134 Å². The van der Waals surface area contributed by atoms with E-state index in [1.54, 1.807) is 44.6 Å². The highest BCUT2D eigenvalue weighted by molar-refractivity contribution is 6.35. The van der Waals surface area contributed by atoms with Crippen LogP contribution in [-0.4, -0.2) is 25.2 Å². The molecule has 1 aliphatic rings. The molecule has 118 valence electrons. The minimum Gasteiger partial charge on any atom is -0.497 e. The second-order valence-electron chi connectivity index (χ2n) is 5.16. The van der Waals surface area contributed by atoms with E-state index in [4.69, 9.17) is 9.47 Å². The van der Waals surface area contributed by atoms with E-state index in [0.717, 1.165) is 16.7 Å². The first-order valence-electron chi connectivity index (χ1n) is 7.15. The van der Waals surface area contributed by atoms with Crippen molar-refractivity contribution in [1.29, 1.82) is 0 Å². The van der Waals surface area contributed by atoms with Crippen molar-refractivity contribution >= 4 is 23.2 Å². The van der Waals surface area contributed by atoms with Gasteiger partial charge in [0.05, 0.1) is 20.8 Å². The standard InChI is InChI=1S/C18H17NO4/c1-22-13-4-6-17(23-2)12(8-13)9-15-14-5-3-11(10-20)7-16(14)19-18(15)21/h3-9,20H,10H2,1-2H3,(H,19,21). The first-order chi connectivity index (χ1) is 11.2. The molecule has 0 saturated carbocycles. The maximum absolute atomic E-state index is 12.3. The number of carbonyl (C=O) groups is 1. The van der Waals surface area contributed by atoms with Crippen LogP contribution in [0.2, 0.25) is 0 Å². The van der Waals surface area contributed by atoms with E-state index in [1.807, 2.05) is 12.1 Å². The zero-order valence-electron chi connectivity index (χ0n) is 12.9. The van der Waals surface area contributed by atoms with Gasteiger partial charge in [0, 0.05) is 22.4 Å². The summed E-state index contributed by atoms with van der Waals surface area (Å²) in [6.07, 6.45) is 1.78. The van der Waals surface area contributed by atoms with Crippen molar-refractivity contribution in [3.8, 4) is 11.5 Å². The second-order valence-corrected chi connectivity index (χ2v) is 5.16. The Morgan fingerprint density at radius 3 is 2.65 bits per heavy atom. The van der Waals surface area contributed by atoms with E-state index in [0.29, 0.717) is 22.8 Å². The van der Waals surface area contributed by atoms with Crippen molar-refractivity contribution < 1.29 is 19.4 Å². The fourth-order valence-electron chi connectivity index (χ4n) is 2.59. The summed E-state index contributed by atoms with van der Waals surface area (Å²) in [6.45, 7) is -0.0636. The van der Waals surface area contributed by atoms with E-state index in [-0.39, 0.29) is 12.5 Å². The van der Waals surface area contributed by atoms with Gasteiger partial charge in [-0.05, 0) is 35.9 Å². The van der Waals surface area contributed by atoms with Gasteiger partial charge < -0.3 is 19.9 Å². The molecule has 0 radical (unpaired) electrons. The van der Waals surface area contributed by atoms with Gasteiger partial charge in [-0.1, -0.05) is 12.1 Å². The predicted molar refractivity (Wildman–Crippen MR) is 88.4 cm³/mol. The number of amides is 1. The molecule has 1 heterocycles. The van der Waals surface area contributed by atoms with Crippen LogP contribution >= 0.6 is 0 Å². The molecule has 0 atom stereocenters. The Morgan fingerprint density at radius 1 is 1.13 bits per heavy atom. The molecule has 3 rings (SSSR count). The number of fused-ring (bicyclic) bond motifs is 1. The normalized spacial score (nSPS) is 14.6. The van der Waals surface area contributed by atoms with Crippen LogP contribution in [0.4, 0.5) is 5.69 Å². The number of hydrogen-bond acceptors (Lipinski definition) is 4. The van der Waals surface area contributed by atoms with E-state index in [9.17, 15) is 9.90 Å². The average Bonchev–Trinajstić information content (AvgIpc) is 2.89. The summed E-state index contributed by atoms with van der Waals surface area (Å²) >= 11 is 0. The Morgan fingerprint density at radius 2 is 1.96 bits per heavy atom. The predicted octanol–water partition coefficient (Wildman–Crippen LogP) is 2.69. The van der Waals surface area contributed by atoms with Crippen molar-refractivity contribution in [3.63, 3.8) is 0 Å². The summed E-state index contributed by atoms with van der Waals surface area (Å²) in [5.41, 5.74) is 3.57. The van der Waals surface area contributed by atoms with Gasteiger partial charge in [-0.2, -0.15) is 0 Å². The Kier molecular flexibility index (Phi) is 4.04. The lowest BCUT2D eigenvalue weighted by Gasteiger charge is -2.08. The van der Waals surface area contributed by atoms with Crippen molar-refractivity contribution in [2.45, 2.75) is 6.61 Å². The van der Waals surface area contributed by atoms with Crippen LogP contribution in [0.15, 0.2) is 36.4 Å². The summed E-state index contributed by atoms with van der Waals surface area (Å²) in [4.78, 5) is 12.3. The first kappa shape index (κ1) is 15.1. The molecule has 5 nitrogen and oxygen atoms in total. The van der Waals surface area contributed by atoms with Crippen molar-refractivity contribution in [2.75, 3.05) is 19.5 Å². The summed E-state index contributed by atoms with van der Waals surface area (Å²) in [6, 6.07) is 10.8. The summed E-state index contributed by atoms with van der Waals surface area (Å²) in [7, 11) is 3.17. The number of methoxy groups -OCH3 is 2. The number of rotatable bonds is 4. The molecule has 1 aliphatic heterocycles. The molecule has 0 unspecified atom stereocenters. The van der Waals surface area contributed by atoms with Crippen LogP contribution in [0.25, 0.3) is 11.6 Å². The molecule has 0 spiro atoms. The summed E-state index contributed by atoms with van der Waals surface area (Å²) < 4.78 is 10.6. The molecule has 5 heteroatoms. The molecular formula is C18H17NO4. The molecule has 0 aliphatic carbocycles. The molecule has 0 fully saturated rings. The monoisotopic (exact) mass is 311 g/mol. The maximum atomic E-state index is 12.3. The van der Waals surface area contributed by atoms with E-state index >= 15 is 0 Å². The van der Waals surface area contributed by atoms with E-state index in [2.05, 4.69) is 5.32 Å². The van der Waals surface area contributed by atoms with Gasteiger partial charge in [0.2, 0.25) is 0 Å². The molecule has 2 aromatic carbocycles. The molecular weight excluding hydrogens is 294 g/mol. The topological polar surface area (TPSA) is 67.8 Å². The molecule has 2 N–H and O–H groups in total. The van der Waals surface area contributed by atoms with E-state index < -0.39 is 0 Å². The third-order valence-corrected chi connectivity index (χ3v) is 3.79. The van der Waals surface area contributed by atoms with Gasteiger partial charge in [0.1, 0.15) is 11.5 Å². The highest BCUT2D eigenvalue weighted by Crippen LogP contribution is 2.36. The van der Waals surface area contributed by atoms with Crippen molar-refractivity contribution in [1.82, 2.24) is 0 Å². The summed E-state index contributed by atoms with van der Waals surface area (Å²) in [5.74, 6) is 1.17. The Bertz CT molecular complexity index is 796. The average molecular weight is 311 g/mol. The Balaban J connectivity index is 2.09. The highest BCUT2D eigenvalue weighted by atomic mass is 16.5. The first-order valence-corrected chi connectivity index (χ1v) is 7.15. The van der Waals surface area contributed by atoms with E-state index in [1.165, 1.54) is 0 Å². The largest absolute Gasteiger partial charge is 0.497 e. The van der Waals surface area contributed by atoms with Crippen molar-refractivity contribution in [3.05, 3.63) is 53.1 Å². The van der Waals surface area contributed by atoms with Crippen molar-refractivity contribution in [2.24, 2.45) is 0 Å². The van der Waals surface area contributed by atoms with Gasteiger partial charge in [-0.15, -0.1) is 0 Å². The lowest BCUT2D eigenvalue weighted by atomic mass is 10.0. The third kappa shape index (κ3) is 2.78. The SMILES string of the molecule is COc1ccc(OC)c(C=C2C(=O)Nc3cc(CO)ccc32)c1. The fourth-order valence-corrected chi connectivity index (χ4v) is 2.59. The van der Waals surface area contributed by atoms with Gasteiger partial charge in [-0.25, -0.2) is 0 Å². The minimum atomic E-state index is -0.181. The smallest absolute Gasteiger partial charge is 0.256 e. The lowest BCUT2D eigenvalue weighted by molar-refractivity contribution is -0.110. The lowest BCUT2D eigenvalue weighted by Crippen LogP contribution is -2.03. The second kappa shape index (κ2) is 6.14. The van der Waals surface area contributed by atoms with Crippen LogP contribution in [0.5, 0.6) is 11.5 Å². The zero-order chi connectivity index (χ0) is 16.4. The van der Waals surface area contributed by atoms with Crippen LogP contribution in [0.3, 0.4) is 0 Å². The maximum Gasteiger partial charge on any atom is 0.256 e. The van der Waals surface area contributed by atoms with Crippen LogP contribution in [0, 0.1) is 0 Å². The quantitative estimate of drug-likeness (QED) is 0.852. The number of benzene rings is 2. The third-order valence-electron chi connectivity index (χ3n) is 3.79. The van der Waals surface area contributed by atoms with Gasteiger partial charge in [0.25, 0.3) is 5.91 Å².